The molecule has 1 saturated heterocycles. The highest BCUT2D eigenvalue weighted by Crippen LogP contribution is 2.27. The summed E-state index contributed by atoms with van der Waals surface area (Å²) in [6.45, 7) is 4.84. The van der Waals surface area contributed by atoms with E-state index in [1.165, 1.54) is 5.56 Å². The van der Waals surface area contributed by atoms with Crippen molar-refractivity contribution in [2.45, 2.75) is 32.1 Å². The second-order valence-corrected chi connectivity index (χ2v) is 6.65. The summed E-state index contributed by atoms with van der Waals surface area (Å²) >= 11 is 0. The molecule has 1 aliphatic heterocycles. The molecule has 1 aliphatic rings. The topological polar surface area (TPSA) is 36.3 Å². The normalized spacial score (nSPS) is 20.2. The minimum absolute atomic E-state index is 0.109. The van der Waals surface area contributed by atoms with E-state index in [0.29, 0.717) is 13.2 Å². The Kier molecular flexibility index (Phi) is 4.08. The third kappa shape index (κ3) is 3.07. The van der Waals surface area contributed by atoms with Crippen molar-refractivity contribution in [1.82, 2.24) is 9.78 Å². The molecule has 4 rings (SSSR count). The molecular weight excluding hydrogens is 300 g/mol. The Morgan fingerprint density at radius 2 is 1.88 bits per heavy atom. The standard InChI is InChI=1S/C20H22N2O2/c1-20(11-12-24-20)15-23-14-18-17-9-5-6-10-19(17)22(21-18)13-16-7-3-2-4-8-16/h2-10H,11-15H2,1H3. The van der Waals surface area contributed by atoms with Crippen molar-refractivity contribution in [1.29, 1.82) is 0 Å². The Bertz CT molecular complexity index is 822. The van der Waals surface area contributed by atoms with E-state index in [1.54, 1.807) is 0 Å². The lowest BCUT2D eigenvalue weighted by Gasteiger charge is -2.38. The van der Waals surface area contributed by atoms with Crippen LogP contribution in [0.4, 0.5) is 0 Å². The highest BCUT2D eigenvalue weighted by Gasteiger charge is 2.33. The van der Waals surface area contributed by atoms with Crippen LogP contribution in [0.5, 0.6) is 0 Å². The van der Waals surface area contributed by atoms with Crippen molar-refractivity contribution >= 4 is 10.9 Å². The number of fused-ring (bicyclic) bond motifs is 1. The summed E-state index contributed by atoms with van der Waals surface area (Å²) in [7, 11) is 0. The lowest BCUT2D eigenvalue weighted by atomic mass is 9.99. The van der Waals surface area contributed by atoms with E-state index in [2.05, 4.69) is 60.1 Å². The molecule has 1 atom stereocenters. The summed E-state index contributed by atoms with van der Waals surface area (Å²) in [5.41, 5.74) is 3.27. The van der Waals surface area contributed by atoms with Gasteiger partial charge in [-0.25, -0.2) is 0 Å². The summed E-state index contributed by atoms with van der Waals surface area (Å²) < 4.78 is 13.5. The van der Waals surface area contributed by atoms with Crippen LogP contribution in [-0.4, -0.2) is 28.6 Å². The van der Waals surface area contributed by atoms with E-state index in [0.717, 1.165) is 36.2 Å². The molecule has 0 N–H and O–H groups in total. The number of aromatic nitrogens is 2. The van der Waals surface area contributed by atoms with Crippen molar-refractivity contribution < 1.29 is 9.47 Å². The van der Waals surface area contributed by atoms with E-state index >= 15 is 0 Å². The minimum atomic E-state index is -0.109. The SMILES string of the molecule is CC1(COCc2nn(Cc3ccccc3)c3ccccc23)CCO1. The zero-order chi connectivity index (χ0) is 16.4. The minimum Gasteiger partial charge on any atom is -0.373 e. The van der Waals surface area contributed by atoms with Crippen LogP contribution in [0, 0.1) is 0 Å². The molecule has 0 amide bonds. The van der Waals surface area contributed by atoms with Gasteiger partial charge in [0.15, 0.2) is 0 Å². The van der Waals surface area contributed by atoms with Crippen LogP contribution in [0.3, 0.4) is 0 Å². The summed E-state index contributed by atoms with van der Waals surface area (Å²) in [4.78, 5) is 0. The van der Waals surface area contributed by atoms with E-state index in [1.807, 2.05) is 6.07 Å². The van der Waals surface area contributed by atoms with Gasteiger partial charge in [0.25, 0.3) is 0 Å². The lowest BCUT2D eigenvalue weighted by molar-refractivity contribution is -0.171. The van der Waals surface area contributed by atoms with Gasteiger partial charge in [-0.2, -0.15) is 5.10 Å². The number of rotatable bonds is 6. The zero-order valence-corrected chi connectivity index (χ0v) is 13.9. The molecule has 4 heteroatoms. The largest absolute Gasteiger partial charge is 0.373 e. The van der Waals surface area contributed by atoms with Gasteiger partial charge in [-0.3, -0.25) is 4.68 Å². The maximum atomic E-state index is 5.90. The van der Waals surface area contributed by atoms with Crippen LogP contribution in [0.1, 0.15) is 24.6 Å². The Labute approximate surface area is 142 Å². The molecule has 24 heavy (non-hydrogen) atoms. The second kappa shape index (κ2) is 6.38. The van der Waals surface area contributed by atoms with Gasteiger partial charge in [-0.05, 0) is 18.6 Å². The molecule has 2 heterocycles. The van der Waals surface area contributed by atoms with E-state index < -0.39 is 0 Å². The van der Waals surface area contributed by atoms with Crippen molar-refractivity contribution in [3.63, 3.8) is 0 Å². The predicted molar refractivity (Wildman–Crippen MR) is 93.9 cm³/mol. The van der Waals surface area contributed by atoms with Crippen molar-refractivity contribution in [3.05, 3.63) is 65.9 Å². The molecule has 2 aromatic carbocycles. The van der Waals surface area contributed by atoms with Crippen LogP contribution in [0.15, 0.2) is 54.6 Å². The van der Waals surface area contributed by atoms with Gasteiger partial charge in [-0.1, -0.05) is 48.5 Å². The number of benzene rings is 2. The molecule has 0 saturated carbocycles. The monoisotopic (exact) mass is 322 g/mol. The van der Waals surface area contributed by atoms with Crippen LogP contribution in [-0.2, 0) is 22.6 Å². The van der Waals surface area contributed by atoms with Gasteiger partial charge >= 0.3 is 0 Å². The summed E-state index contributed by atoms with van der Waals surface area (Å²) in [6.07, 6.45) is 1.07. The molecule has 0 spiro atoms. The quantitative estimate of drug-likeness (QED) is 0.693. The smallest absolute Gasteiger partial charge is 0.0960 e. The highest BCUT2D eigenvalue weighted by atomic mass is 16.6. The van der Waals surface area contributed by atoms with Crippen LogP contribution >= 0.6 is 0 Å². The van der Waals surface area contributed by atoms with Crippen LogP contribution in [0.25, 0.3) is 10.9 Å². The number of nitrogens with zero attached hydrogens (tertiary/aromatic N) is 2. The first-order valence-electron chi connectivity index (χ1n) is 8.44. The maximum absolute atomic E-state index is 5.90. The first-order chi connectivity index (χ1) is 11.7. The van der Waals surface area contributed by atoms with Gasteiger partial charge < -0.3 is 9.47 Å². The lowest BCUT2D eigenvalue weighted by Crippen LogP contribution is -2.44. The molecule has 0 radical (unpaired) electrons. The van der Waals surface area contributed by atoms with Gasteiger partial charge in [-0.15, -0.1) is 0 Å². The molecule has 3 aromatic rings. The highest BCUT2D eigenvalue weighted by molar-refractivity contribution is 5.81. The Hall–Kier alpha value is -2.17. The van der Waals surface area contributed by atoms with Crippen molar-refractivity contribution in [2.75, 3.05) is 13.2 Å². The Morgan fingerprint density at radius 1 is 1.12 bits per heavy atom. The van der Waals surface area contributed by atoms with Gasteiger partial charge in [0, 0.05) is 11.8 Å². The van der Waals surface area contributed by atoms with Gasteiger partial charge in [0.2, 0.25) is 0 Å². The van der Waals surface area contributed by atoms with E-state index in [9.17, 15) is 0 Å². The number of hydrogen-bond donors (Lipinski definition) is 0. The zero-order valence-electron chi connectivity index (χ0n) is 13.9. The van der Waals surface area contributed by atoms with Crippen LogP contribution in [0.2, 0.25) is 0 Å². The van der Waals surface area contributed by atoms with Gasteiger partial charge in [0.1, 0.15) is 0 Å². The molecule has 0 bridgehead atoms. The van der Waals surface area contributed by atoms with Crippen LogP contribution < -0.4 is 0 Å². The maximum Gasteiger partial charge on any atom is 0.0960 e. The first-order valence-corrected chi connectivity index (χ1v) is 8.44. The summed E-state index contributed by atoms with van der Waals surface area (Å²) in [5, 5.41) is 5.96. The molecule has 1 unspecified atom stereocenters. The Balaban J connectivity index is 1.54. The first kappa shape index (κ1) is 15.4. The molecule has 4 nitrogen and oxygen atoms in total. The molecule has 1 aromatic heterocycles. The molecular formula is C20H22N2O2. The number of para-hydroxylation sites is 1. The van der Waals surface area contributed by atoms with Gasteiger partial charge in [0.05, 0.1) is 43.2 Å². The van der Waals surface area contributed by atoms with E-state index in [4.69, 9.17) is 14.6 Å². The fraction of sp³-hybridized carbons (Fsp3) is 0.350. The summed E-state index contributed by atoms with van der Waals surface area (Å²) in [6, 6.07) is 18.7. The molecule has 124 valence electrons. The second-order valence-electron chi connectivity index (χ2n) is 6.65. The molecule has 1 fully saturated rings. The predicted octanol–water partition coefficient (Wildman–Crippen LogP) is 3.78. The fourth-order valence-electron chi connectivity index (χ4n) is 3.11. The number of ether oxygens (including phenoxy) is 2. The van der Waals surface area contributed by atoms with Crippen molar-refractivity contribution in [3.8, 4) is 0 Å². The third-order valence-corrected chi connectivity index (χ3v) is 4.64. The number of hydrogen-bond acceptors (Lipinski definition) is 3. The molecule has 0 aliphatic carbocycles. The third-order valence-electron chi connectivity index (χ3n) is 4.64. The van der Waals surface area contributed by atoms with E-state index in [-0.39, 0.29) is 5.60 Å². The average Bonchev–Trinajstić information content (AvgIpc) is 2.92. The fourth-order valence-corrected chi connectivity index (χ4v) is 3.11. The average molecular weight is 322 g/mol. The summed E-state index contributed by atoms with van der Waals surface area (Å²) in [5.74, 6) is 0. The Morgan fingerprint density at radius 3 is 2.62 bits per heavy atom. The van der Waals surface area contributed by atoms with Crippen molar-refractivity contribution in [2.24, 2.45) is 0 Å².